The Morgan fingerprint density at radius 2 is 1.47 bits per heavy atom. The van der Waals surface area contributed by atoms with Crippen molar-refractivity contribution in [2.75, 3.05) is 56.2 Å². The van der Waals surface area contributed by atoms with Gasteiger partial charge in [0.1, 0.15) is 5.75 Å². The van der Waals surface area contributed by atoms with Crippen molar-refractivity contribution in [3.8, 4) is 11.4 Å². The normalized spacial score (nSPS) is 17.2. The number of rotatable bonds is 6. The van der Waals surface area contributed by atoms with Crippen LogP contribution in [-0.2, 0) is 6.67 Å². The lowest BCUT2D eigenvalue weighted by molar-refractivity contribution is 0.220. The van der Waals surface area contributed by atoms with Crippen LogP contribution in [0.1, 0.15) is 24.8 Å². The van der Waals surface area contributed by atoms with Gasteiger partial charge in [-0.1, -0.05) is 17.7 Å². The van der Waals surface area contributed by atoms with Crippen molar-refractivity contribution in [2.45, 2.75) is 32.9 Å². The van der Waals surface area contributed by atoms with E-state index in [1.807, 2.05) is 16.8 Å². The smallest absolute Gasteiger partial charge is 0.230 e. The van der Waals surface area contributed by atoms with Gasteiger partial charge in [0.15, 0.2) is 0 Å². The minimum atomic E-state index is 0.717. The van der Waals surface area contributed by atoms with E-state index < -0.39 is 0 Å². The average molecular weight is 479 g/mol. The molecule has 0 unspecified atom stereocenters. The van der Waals surface area contributed by atoms with Crippen LogP contribution in [0.2, 0.25) is 0 Å². The lowest BCUT2D eigenvalue weighted by Gasteiger charge is -2.23. The summed E-state index contributed by atoms with van der Waals surface area (Å²) in [6.07, 6.45) is 3.53. The molecule has 180 valence electrons. The maximum Gasteiger partial charge on any atom is 0.230 e. The molecule has 0 bridgehead atoms. The van der Waals surface area contributed by atoms with Crippen molar-refractivity contribution >= 4 is 23.9 Å². The maximum atomic E-state index is 5.98. The van der Waals surface area contributed by atoms with Gasteiger partial charge in [-0.25, -0.2) is 4.68 Å². The van der Waals surface area contributed by atoms with Crippen molar-refractivity contribution in [3.05, 3.63) is 58.9 Å². The Morgan fingerprint density at radius 1 is 0.794 bits per heavy atom. The highest BCUT2D eigenvalue weighted by molar-refractivity contribution is 7.71. The Morgan fingerprint density at radius 3 is 2.18 bits per heavy atom. The van der Waals surface area contributed by atoms with E-state index in [1.54, 1.807) is 7.11 Å². The van der Waals surface area contributed by atoms with Crippen LogP contribution in [0.5, 0.6) is 5.75 Å². The highest BCUT2D eigenvalue weighted by Crippen LogP contribution is 2.25. The van der Waals surface area contributed by atoms with Gasteiger partial charge >= 0.3 is 0 Å². The average Bonchev–Trinajstić information content (AvgIpc) is 3.43. The molecule has 0 radical (unpaired) electrons. The second-order valence-electron chi connectivity index (χ2n) is 9.25. The first-order chi connectivity index (χ1) is 16.6. The molecule has 0 spiro atoms. The molecule has 1 aromatic heterocycles. The third kappa shape index (κ3) is 4.83. The van der Waals surface area contributed by atoms with E-state index >= 15 is 0 Å². The fourth-order valence-electron chi connectivity index (χ4n) is 4.88. The molecule has 8 heteroatoms. The molecule has 2 saturated heterocycles. The lowest BCUT2D eigenvalue weighted by Crippen LogP contribution is -2.32. The Bertz CT molecular complexity index is 1150. The van der Waals surface area contributed by atoms with Crippen molar-refractivity contribution in [2.24, 2.45) is 0 Å². The summed E-state index contributed by atoms with van der Waals surface area (Å²) in [4.78, 5) is 7.30. The number of anilines is 2. The zero-order valence-electron chi connectivity index (χ0n) is 20.2. The summed E-state index contributed by atoms with van der Waals surface area (Å²) in [6, 6.07) is 17.0. The van der Waals surface area contributed by atoms with Gasteiger partial charge < -0.3 is 14.5 Å². The Kier molecular flexibility index (Phi) is 6.87. The minimum Gasteiger partial charge on any atom is -0.497 e. The summed E-state index contributed by atoms with van der Waals surface area (Å²) in [5, 5.41) is 5.04. The third-order valence-corrected chi connectivity index (χ3v) is 7.26. The maximum absolute atomic E-state index is 5.98. The topological polar surface area (TPSA) is 41.7 Å². The fourth-order valence-corrected chi connectivity index (χ4v) is 5.17. The van der Waals surface area contributed by atoms with Gasteiger partial charge in [0, 0.05) is 45.0 Å². The highest BCUT2D eigenvalue weighted by Gasteiger charge is 2.23. The first-order valence-corrected chi connectivity index (χ1v) is 12.7. The predicted molar refractivity (Wildman–Crippen MR) is 140 cm³/mol. The van der Waals surface area contributed by atoms with Gasteiger partial charge in [0.05, 0.1) is 19.5 Å². The standard InChI is InChI=1S/C26H34N6OS/c1-21-6-8-23(9-7-21)32-25(30-15-3-4-16-30)27-31(26(32)34)20-28-14-5-17-29(19-18-28)22-10-12-24(33-2)13-11-22/h6-13H,3-5,14-20H2,1-2H3. The molecule has 2 aliphatic rings. The van der Waals surface area contributed by atoms with Crippen LogP contribution in [0.15, 0.2) is 48.5 Å². The molecular formula is C26H34N6OS. The second kappa shape index (κ2) is 10.2. The van der Waals surface area contributed by atoms with Crippen LogP contribution >= 0.6 is 12.2 Å². The molecule has 2 aliphatic heterocycles. The number of hydrogen-bond donors (Lipinski definition) is 0. The number of methoxy groups -OCH3 is 1. The molecule has 0 atom stereocenters. The molecule has 0 amide bonds. The van der Waals surface area contributed by atoms with Crippen LogP contribution in [0.25, 0.3) is 5.69 Å². The van der Waals surface area contributed by atoms with Crippen LogP contribution in [0.4, 0.5) is 11.6 Å². The van der Waals surface area contributed by atoms with Gasteiger partial charge in [-0.2, -0.15) is 0 Å². The molecule has 34 heavy (non-hydrogen) atoms. The van der Waals surface area contributed by atoms with E-state index in [9.17, 15) is 0 Å². The van der Waals surface area contributed by atoms with Gasteiger partial charge in [0.25, 0.3) is 0 Å². The van der Waals surface area contributed by atoms with E-state index in [-0.39, 0.29) is 0 Å². The summed E-state index contributed by atoms with van der Waals surface area (Å²) in [7, 11) is 1.71. The van der Waals surface area contributed by atoms with Crippen molar-refractivity contribution in [1.29, 1.82) is 0 Å². The molecule has 2 aromatic carbocycles. The first kappa shape index (κ1) is 22.9. The Hall–Kier alpha value is -2.84. The minimum absolute atomic E-state index is 0.717. The van der Waals surface area contributed by atoms with E-state index in [4.69, 9.17) is 22.1 Å². The number of aryl methyl sites for hydroxylation is 1. The zero-order chi connectivity index (χ0) is 23.5. The van der Waals surface area contributed by atoms with Crippen LogP contribution in [-0.4, -0.2) is 65.6 Å². The fraction of sp³-hybridized carbons (Fsp3) is 0.462. The van der Waals surface area contributed by atoms with Gasteiger partial charge in [-0.05, 0) is 74.8 Å². The quantitative estimate of drug-likeness (QED) is 0.487. The number of hydrogen-bond acceptors (Lipinski definition) is 6. The van der Waals surface area contributed by atoms with Crippen molar-refractivity contribution in [3.63, 3.8) is 0 Å². The largest absolute Gasteiger partial charge is 0.497 e. The van der Waals surface area contributed by atoms with E-state index in [0.29, 0.717) is 0 Å². The second-order valence-corrected chi connectivity index (χ2v) is 9.61. The molecule has 0 aliphatic carbocycles. The van der Waals surface area contributed by atoms with E-state index in [0.717, 1.165) is 74.5 Å². The van der Waals surface area contributed by atoms with Crippen LogP contribution < -0.4 is 14.5 Å². The number of benzene rings is 2. The summed E-state index contributed by atoms with van der Waals surface area (Å²) in [5.74, 6) is 1.87. The molecule has 5 rings (SSSR count). The molecule has 0 N–H and O–H groups in total. The highest BCUT2D eigenvalue weighted by atomic mass is 32.1. The Labute approximate surface area is 207 Å². The van der Waals surface area contributed by atoms with Crippen molar-refractivity contribution in [1.82, 2.24) is 19.2 Å². The number of ether oxygens (including phenoxy) is 1. The first-order valence-electron chi connectivity index (χ1n) is 12.3. The predicted octanol–water partition coefficient (Wildman–Crippen LogP) is 4.49. The van der Waals surface area contributed by atoms with Gasteiger partial charge in [-0.15, -0.1) is 5.10 Å². The van der Waals surface area contributed by atoms with Crippen LogP contribution in [0.3, 0.4) is 0 Å². The molecule has 7 nitrogen and oxygen atoms in total. The van der Waals surface area contributed by atoms with Gasteiger partial charge in [-0.3, -0.25) is 9.47 Å². The zero-order valence-corrected chi connectivity index (χ0v) is 21.0. The number of aromatic nitrogens is 3. The van der Waals surface area contributed by atoms with Gasteiger partial charge in [0.2, 0.25) is 10.7 Å². The van der Waals surface area contributed by atoms with E-state index in [2.05, 4.69) is 62.6 Å². The molecular weight excluding hydrogens is 444 g/mol. The monoisotopic (exact) mass is 478 g/mol. The van der Waals surface area contributed by atoms with E-state index in [1.165, 1.54) is 24.1 Å². The summed E-state index contributed by atoms with van der Waals surface area (Å²) in [5.41, 5.74) is 3.58. The lowest BCUT2D eigenvalue weighted by atomic mass is 10.2. The summed E-state index contributed by atoms with van der Waals surface area (Å²) in [6.45, 7) is 8.95. The third-order valence-electron chi connectivity index (χ3n) is 6.86. The SMILES string of the molecule is COc1ccc(N2CCCN(Cn3nc(N4CCCC4)n(-c4ccc(C)cc4)c3=S)CC2)cc1. The molecule has 3 aromatic rings. The molecule has 0 saturated carbocycles. The molecule has 2 fully saturated rings. The van der Waals surface area contributed by atoms with Crippen molar-refractivity contribution < 1.29 is 4.74 Å². The Balaban J connectivity index is 1.35. The summed E-state index contributed by atoms with van der Waals surface area (Å²) >= 11 is 5.98. The summed E-state index contributed by atoms with van der Waals surface area (Å²) < 4.78 is 10.3. The molecule has 3 heterocycles. The number of nitrogens with zero attached hydrogens (tertiary/aromatic N) is 6. The van der Waals surface area contributed by atoms with Crippen LogP contribution in [0, 0.1) is 11.7 Å².